The van der Waals surface area contributed by atoms with E-state index in [1.165, 1.54) is 6.92 Å². The molecule has 1 heterocycles. The molecule has 3 aromatic carbocycles. The lowest BCUT2D eigenvalue weighted by Crippen LogP contribution is -2.28. The number of hydrogen-bond acceptors (Lipinski definition) is 5. The Morgan fingerprint density at radius 3 is 2.47 bits per heavy atom. The number of ketones is 1. The maximum atomic E-state index is 12.6. The smallest absolute Gasteiger partial charge is 0.311 e. The molecule has 2 amide bonds. The summed E-state index contributed by atoms with van der Waals surface area (Å²) in [5, 5.41) is 4.56. The molecular formula is C25H22N2O5. The van der Waals surface area contributed by atoms with Crippen LogP contribution in [0.3, 0.4) is 0 Å². The maximum Gasteiger partial charge on any atom is 0.311 e. The SMILES string of the molecule is CC(=O)c1ccc(NC(=O)COC(=O)[C@H]2CC(=O)N(c3cccc4ccccc34)C2)cc1. The summed E-state index contributed by atoms with van der Waals surface area (Å²) in [5.74, 6) is -1.93. The zero-order valence-corrected chi connectivity index (χ0v) is 17.5. The van der Waals surface area contributed by atoms with Gasteiger partial charge in [-0.25, -0.2) is 0 Å². The number of fused-ring (bicyclic) bond motifs is 1. The van der Waals surface area contributed by atoms with Crippen molar-refractivity contribution in [1.82, 2.24) is 0 Å². The minimum absolute atomic E-state index is 0.0379. The number of rotatable bonds is 6. The van der Waals surface area contributed by atoms with Gasteiger partial charge in [0.05, 0.1) is 11.6 Å². The molecular weight excluding hydrogens is 408 g/mol. The highest BCUT2D eigenvalue weighted by Crippen LogP contribution is 2.32. The number of Topliss-reactive ketones (excluding diaryl/α,β-unsaturated/α-hetero) is 1. The molecule has 32 heavy (non-hydrogen) atoms. The Bertz CT molecular complexity index is 1200. The van der Waals surface area contributed by atoms with Crippen LogP contribution in [-0.2, 0) is 19.1 Å². The van der Waals surface area contributed by atoms with Crippen molar-refractivity contribution in [2.24, 2.45) is 5.92 Å². The lowest BCUT2D eigenvalue weighted by molar-refractivity contribution is -0.151. The van der Waals surface area contributed by atoms with Crippen LogP contribution in [0.2, 0.25) is 0 Å². The van der Waals surface area contributed by atoms with Crippen LogP contribution in [0.4, 0.5) is 11.4 Å². The Labute approximate surface area is 185 Å². The quantitative estimate of drug-likeness (QED) is 0.477. The molecule has 1 aliphatic rings. The predicted octanol–water partition coefficient (Wildman–Crippen LogP) is 3.58. The van der Waals surface area contributed by atoms with Gasteiger partial charge in [-0.2, -0.15) is 0 Å². The average Bonchev–Trinajstić information content (AvgIpc) is 3.19. The number of benzene rings is 3. The molecule has 3 aromatic rings. The van der Waals surface area contributed by atoms with Gasteiger partial charge in [-0.1, -0.05) is 36.4 Å². The highest BCUT2D eigenvalue weighted by molar-refractivity contribution is 6.06. The van der Waals surface area contributed by atoms with Crippen molar-refractivity contribution in [3.63, 3.8) is 0 Å². The van der Waals surface area contributed by atoms with Gasteiger partial charge in [-0.3, -0.25) is 19.2 Å². The van der Waals surface area contributed by atoms with Crippen LogP contribution in [0.5, 0.6) is 0 Å². The highest BCUT2D eigenvalue weighted by Gasteiger charge is 2.36. The van der Waals surface area contributed by atoms with Crippen molar-refractivity contribution in [3.05, 3.63) is 72.3 Å². The summed E-state index contributed by atoms with van der Waals surface area (Å²) >= 11 is 0. The maximum absolute atomic E-state index is 12.6. The van der Waals surface area contributed by atoms with Crippen molar-refractivity contribution >= 4 is 45.7 Å². The molecule has 1 aliphatic heterocycles. The van der Waals surface area contributed by atoms with E-state index in [4.69, 9.17) is 4.74 Å². The fraction of sp³-hybridized carbons (Fsp3) is 0.200. The Morgan fingerprint density at radius 1 is 1.00 bits per heavy atom. The van der Waals surface area contributed by atoms with Crippen LogP contribution in [0.15, 0.2) is 66.7 Å². The third kappa shape index (κ3) is 4.51. The van der Waals surface area contributed by atoms with Gasteiger partial charge in [0.1, 0.15) is 0 Å². The molecule has 0 aliphatic carbocycles. The standard InChI is InChI=1S/C25H22N2O5/c1-16(28)17-9-11-20(12-10-17)26-23(29)15-32-25(31)19-13-24(30)27(14-19)22-8-4-6-18-5-2-3-7-21(18)22/h2-12,19H,13-15H2,1H3,(H,26,29)/t19-/m0/s1. The van der Waals surface area contributed by atoms with Gasteiger partial charge in [0, 0.05) is 29.6 Å². The van der Waals surface area contributed by atoms with E-state index < -0.39 is 24.4 Å². The van der Waals surface area contributed by atoms with Gasteiger partial charge in [-0.05, 0) is 42.6 Å². The summed E-state index contributed by atoms with van der Waals surface area (Å²) in [6.45, 7) is 1.22. The molecule has 0 aromatic heterocycles. The number of carbonyl (C=O) groups excluding carboxylic acids is 4. The second-order valence-electron chi connectivity index (χ2n) is 7.69. The monoisotopic (exact) mass is 430 g/mol. The Balaban J connectivity index is 1.34. The molecule has 162 valence electrons. The van der Waals surface area contributed by atoms with Crippen LogP contribution in [-0.4, -0.2) is 36.7 Å². The molecule has 1 N–H and O–H groups in total. The molecule has 0 bridgehead atoms. The van der Waals surface area contributed by atoms with E-state index in [1.807, 2.05) is 42.5 Å². The molecule has 7 heteroatoms. The third-order valence-electron chi connectivity index (χ3n) is 5.44. The van der Waals surface area contributed by atoms with Crippen molar-refractivity contribution < 1.29 is 23.9 Å². The number of hydrogen-bond donors (Lipinski definition) is 1. The summed E-state index contributed by atoms with van der Waals surface area (Å²) in [7, 11) is 0. The Morgan fingerprint density at radius 2 is 1.72 bits per heavy atom. The summed E-state index contributed by atoms with van der Waals surface area (Å²) in [5.41, 5.74) is 1.79. The summed E-state index contributed by atoms with van der Waals surface area (Å²) in [6.07, 6.45) is 0.0379. The first-order chi connectivity index (χ1) is 15.4. The van der Waals surface area contributed by atoms with Crippen LogP contribution < -0.4 is 10.2 Å². The van der Waals surface area contributed by atoms with Crippen molar-refractivity contribution in [1.29, 1.82) is 0 Å². The largest absolute Gasteiger partial charge is 0.455 e. The second kappa shape index (κ2) is 9.01. The van der Waals surface area contributed by atoms with E-state index in [2.05, 4.69) is 5.32 Å². The van der Waals surface area contributed by atoms with E-state index in [1.54, 1.807) is 29.2 Å². The van der Waals surface area contributed by atoms with E-state index in [0.717, 1.165) is 16.5 Å². The number of amides is 2. The zero-order valence-electron chi connectivity index (χ0n) is 17.5. The average molecular weight is 430 g/mol. The number of nitrogens with zero attached hydrogens (tertiary/aromatic N) is 1. The van der Waals surface area contributed by atoms with Crippen LogP contribution in [0.25, 0.3) is 10.8 Å². The fourth-order valence-corrected chi connectivity index (χ4v) is 3.78. The van der Waals surface area contributed by atoms with Crippen molar-refractivity contribution in [2.45, 2.75) is 13.3 Å². The van der Waals surface area contributed by atoms with Gasteiger partial charge in [0.25, 0.3) is 5.91 Å². The number of carbonyl (C=O) groups is 4. The molecule has 1 saturated heterocycles. The molecule has 1 fully saturated rings. The van der Waals surface area contributed by atoms with E-state index in [9.17, 15) is 19.2 Å². The predicted molar refractivity (Wildman–Crippen MR) is 120 cm³/mol. The van der Waals surface area contributed by atoms with Gasteiger partial charge >= 0.3 is 5.97 Å². The number of ether oxygens (including phenoxy) is 1. The molecule has 0 spiro atoms. The zero-order chi connectivity index (χ0) is 22.7. The number of nitrogens with one attached hydrogen (secondary N) is 1. The van der Waals surface area contributed by atoms with Gasteiger partial charge < -0.3 is 15.0 Å². The highest BCUT2D eigenvalue weighted by atomic mass is 16.5. The summed E-state index contributed by atoms with van der Waals surface area (Å²) < 4.78 is 5.16. The van der Waals surface area contributed by atoms with E-state index >= 15 is 0 Å². The van der Waals surface area contributed by atoms with E-state index in [-0.39, 0.29) is 24.7 Å². The Hall–Kier alpha value is -4.00. The molecule has 0 radical (unpaired) electrons. The first-order valence-corrected chi connectivity index (χ1v) is 10.3. The second-order valence-corrected chi connectivity index (χ2v) is 7.69. The number of esters is 1. The molecule has 1 atom stereocenters. The van der Waals surface area contributed by atoms with Crippen molar-refractivity contribution in [3.8, 4) is 0 Å². The first kappa shape index (κ1) is 21.2. The molecule has 0 saturated carbocycles. The van der Waals surface area contributed by atoms with Crippen molar-refractivity contribution in [2.75, 3.05) is 23.4 Å². The van der Waals surface area contributed by atoms with Gasteiger partial charge in [0.2, 0.25) is 5.91 Å². The lowest BCUT2D eigenvalue weighted by Gasteiger charge is -2.18. The van der Waals surface area contributed by atoms with Crippen LogP contribution >= 0.6 is 0 Å². The molecule has 4 rings (SSSR count). The normalized spacial score (nSPS) is 15.6. The van der Waals surface area contributed by atoms with Gasteiger partial charge in [-0.15, -0.1) is 0 Å². The topological polar surface area (TPSA) is 92.8 Å². The summed E-state index contributed by atoms with van der Waals surface area (Å²) in [4.78, 5) is 50.1. The fourth-order valence-electron chi connectivity index (χ4n) is 3.78. The molecule has 7 nitrogen and oxygen atoms in total. The molecule has 0 unspecified atom stereocenters. The lowest BCUT2D eigenvalue weighted by atomic mass is 10.1. The number of anilines is 2. The Kier molecular flexibility index (Phi) is 5.98. The minimum atomic E-state index is -0.635. The van der Waals surface area contributed by atoms with E-state index in [0.29, 0.717) is 11.3 Å². The van der Waals surface area contributed by atoms with Gasteiger partial charge in [0.15, 0.2) is 12.4 Å². The third-order valence-corrected chi connectivity index (χ3v) is 5.44. The van der Waals surface area contributed by atoms with Crippen LogP contribution in [0, 0.1) is 5.92 Å². The minimum Gasteiger partial charge on any atom is -0.455 e. The van der Waals surface area contributed by atoms with Crippen LogP contribution in [0.1, 0.15) is 23.7 Å². The first-order valence-electron chi connectivity index (χ1n) is 10.3. The summed E-state index contributed by atoms with van der Waals surface area (Å²) in [6, 6.07) is 19.9.